The topological polar surface area (TPSA) is 59.4 Å². The highest BCUT2D eigenvalue weighted by molar-refractivity contribution is 5.86. The zero-order valence-corrected chi connectivity index (χ0v) is 7.80. The lowest BCUT2D eigenvalue weighted by Crippen LogP contribution is -1.93. The number of rotatable bonds is 3. The summed E-state index contributed by atoms with van der Waals surface area (Å²) < 4.78 is 4.43. The second kappa shape index (κ2) is 5.14. The fourth-order valence-corrected chi connectivity index (χ4v) is 0.918. The van der Waals surface area contributed by atoms with Gasteiger partial charge in [0.15, 0.2) is 0 Å². The van der Waals surface area contributed by atoms with Crippen molar-refractivity contribution in [2.75, 3.05) is 7.11 Å². The molecule has 1 rings (SSSR count). The van der Waals surface area contributed by atoms with Crippen molar-refractivity contribution in [3.63, 3.8) is 0 Å². The highest BCUT2D eigenvalue weighted by atomic mass is 16.5. The van der Waals surface area contributed by atoms with E-state index in [0.29, 0.717) is 5.56 Å². The first-order valence-corrected chi connectivity index (χ1v) is 4.07. The third-order valence-corrected chi connectivity index (χ3v) is 1.61. The molecule has 4 heteroatoms. The number of aromatic nitrogens is 1. The number of aliphatic hydroxyl groups excluding tert-OH is 1. The van der Waals surface area contributed by atoms with E-state index in [0.717, 1.165) is 5.56 Å². The molecule has 0 aliphatic carbocycles. The van der Waals surface area contributed by atoms with E-state index < -0.39 is 5.97 Å². The Balaban J connectivity index is 2.76. The van der Waals surface area contributed by atoms with Gasteiger partial charge in [-0.05, 0) is 23.3 Å². The molecule has 1 aromatic rings. The minimum Gasteiger partial charge on any atom is -0.466 e. The van der Waals surface area contributed by atoms with Gasteiger partial charge in [0.05, 0.1) is 13.7 Å². The molecule has 0 bridgehead atoms. The van der Waals surface area contributed by atoms with Crippen molar-refractivity contribution in [2.24, 2.45) is 0 Å². The minimum absolute atomic E-state index is 0.0626. The number of carbonyl (C=O) groups excluding carboxylic acids is 1. The van der Waals surface area contributed by atoms with Gasteiger partial charge in [0.1, 0.15) is 0 Å². The van der Waals surface area contributed by atoms with E-state index in [9.17, 15) is 4.79 Å². The maximum atomic E-state index is 10.8. The van der Waals surface area contributed by atoms with Gasteiger partial charge in [-0.15, -0.1) is 0 Å². The number of pyridine rings is 1. The Morgan fingerprint density at radius 2 is 2.43 bits per heavy atom. The molecule has 0 unspecified atom stereocenters. The summed E-state index contributed by atoms with van der Waals surface area (Å²) in [6.45, 7) is -0.0626. The monoisotopic (exact) mass is 193 g/mol. The van der Waals surface area contributed by atoms with Crippen LogP contribution in [0.1, 0.15) is 11.1 Å². The lowest BCUT2D eigenvalue weighted by Gasteiger charge is -1.96. The molecule has 0 spiro atoms. The van der Waals surface area contributed by atoms with E-state index in [1.165, 1.54) is 13.2 Å². The van der Waals surface area contributed by atoms with Crippen LogP contribution in [-0.2, 0) is 16.1 Å². The van der Waals surface area contributed by atoms with Crippen LogP contribution in [0, 0.1) is 0 Å². The van der Waals surface area contributed by atoms with Gasteiger partial charge in [0, 0.05) is 18.5 Å². The molecule has 1 N–H and O–H groups in total. The predicted octanol–water partition coefficient (Wildman–Crippen LogP) is 0.760. The molecule has 0 aromatic carbocycles. The molecule has 0 amide bonds. The molecule has 0 saturated carbocycles. The van der Waals surface area contributed by atoms with Crippen LogP contribution < -0.4 is 0 Å². The molecule has 74 valence electrons. The van der Waals surface area contributed by atoms with E-state index in [-0.39, 0.29) is 6.61 Å². The summed E-state index contributed by atoms with van der Waals surface area (Å²) in [5, 5.41) is 8.83. The van der Waals surface area contributed by atoms with Crippen LogP contribution in [0.5, 0.6) is 0 Å². The van der Waals surface area contributed by atoms with E-state index in [1.54, 1.807) is 24.5 Å². The molecule has 4 nitrogen and oxygen atoms in total. The van der Waals surface area contributed by atoms with E-state index in [1.807, 2.05) is 0 Å². The standard InChI is InChI=1S/C10H11NO3/c1-14-10(13)3-2-8-4-9(7-12)6-11-5-8/h2-6,12H,7H2,1H3. The summed E-state index contributed by atoms with van der Waals surface area (Å²) in [7, 11) is 1.31. The minimum atomic E-state index is -0.417. The third-order valence-electron chi connectivity index (χ3n) is 1.61. The van der Waals surface area contributed by atoms with Crippen LogP contribution in [-0.4, -0.2) is 23.2 Å². The zero-order chi connectivity index (χ0) is 10.4. The predicted molar refractivity (Wildman–Crippen MR) is 51.2 cm³/mol. The summed E-state index contributed by atoms with van der Waals surface area (Å²) in [5.74, 6) is -0.417. The SMILES string of the molecule is COC(=O)C=Cc1cncc(CO)c1. The van der Waals surface area contributed by atoms with Crippen LogP contribution in [0.2, 0.25) is 0 Å². The number of carbonyl (C=O) groups is 1. The van der Waals surface area contributed by atoms with Crippen molar-refractivity contribution in [2.45, 2.75) is 6.61 Å². The summed E-state index contributed by atoms with van der Waals surface area (Å²) in [6.07, 6.45) is 6.05. The molecular weight excluding hydrogens is 182 g/mol. The summed E-state index contributed by atoms with van der Waals surface area (Å²) in [4.78, 5) is 14.7. The van der Waals surface area contributed by atoms with Crippen LogP contribution in [0.3, 0.4) is 0 Å². The fraction of sp³-hybridized carbons (Fsp3) is 0.200. The van der Waals surface area contributed by atoms with Gasteiger partial charge >= 0.3 is 5.97 Å². The van der Waals surface area contributed by atoms with Gasteiger partial charge in [-0.3, -0.25) is 4.98 Å². The van der Waals surface area contributed by atoms with Crippen LogP contribution in [0.25, 0.3) is 6.08 Å². The van der Waals surface area contributed by atoms with Crippen molar-refractivity contribution in [3.05, 3.63) is 35.7 Å². The second-order valence-corrected chi connectivity index (χ2v) is 2.64. The molecule has 1 heterocycles. The van der Waals surface area contributed by atoms with Crippen molar-refractivity contribution in [1.82, 2.24) is 4.98 Å². The molecular formula is C10H11NO3. The number of methoxy groups -OCH3 is 1. The Bertz CT molecular complexity index is 347. The number of esters is 1. The van der Waals surface area contributed by atoms with Crippen LogP contribution in [0.15, 0.2) is 24.5 Å². The first-order chi connectivity index (χ1) is 6.76. The van der Waals surface area contributed by atoms with Gasteiger partial charge in [-0.1, -0.05) is 0 Å². The Hall–Kier alpha value is -1.68. The number of nitrogens with zero attached hydrogens (tertiary/aromatic N) is 1. The van der Waals surface area contributed by atoms with Crippen LogP contribution >= 0.6 is 0 Å². The number of hydrogen-bond donors (Lipinski definition) is 1. The first-order valence-electron chi connectivity index (χ1n) is 4.07. The summed E-state index contributed by atoms with van der Waals surface area (Å²) in [5.41, 5.74) is 1.46. The van der Waals surface area contributed by atoms with E-state index in [2.05, 4.69) is 9.72 Å². The Morgan fingerprint density at radius 3 is 3.07 bits per heavy atom. The molecule has 0 radical (unpaired) electrons. The number of aliphatic hydroxyl groups is 1. The van der Waals surface area contributed by atoms with E-state index in [4.69, 9.17) is 5.11 Å². The molecule has 0 atom stereocenters. The van der Waals surface area contributed by atoms with Gasteiger partial charge in [0.2, 0.25) is 0 Å². The third kappa shape index (κ3) is 2.99. The maximum Gasteiger partial charge on any atom is 0.330 e. The maximum absolute atomic E-state index is 10.8. The smallest absolute Gasteiger partial charge is 0.330 e. The highest BCUT2D eigenvalue weighted by Gasteiger charge is 1.94. The van der Waals surface area contributed by atoms with Crippen molar-refractivity contribution < 1.29 is 14.6 Å². The Morgan fingerprint density at radius 1 is 1.64 bits per heavy atom. The van der Waals surface area contributed by atoms with Crippen molar-refractivity contribution in [1.29, 1.82) is 0 Å². The first kappa shape index (κ1) is 10.4. The molecule has 0 saturated heterocycles. The lowest BCUT2D eigenvalue weighted by atomic mass is 10.2. The summed E-state index contributed by atoms with van der Waals surface area (Å²) >= 11 is 0. The average Bonchev–Trinajstić information content (AvgIpc) is 2.26. The average molecular weight is 193 g/mol. The van der Waals surface area contributed by atoms with E-state index >= 15 is 0 Å². The Labute approximate surface area is 81.9 Å². The highest BCUT2D eigenvalue weighted by Crippen LogP contribution is 2.04. The second-order valence-electron chi connectivity index (χ2n) is 2.64. The molecule has 14 heavy (non-hydrogen) atoms. The van der Waals surface area contributed by atoms with Crippen molar-refractivity contribution in [3.8, 4) is 0 Å². The number of ether oxygens (including phenoxy) is 1. The van der Waals surface area contributed by atoms with Crippen molar-refractivity contribution >= 4 is 12.0 Å². The fourth-order valence-electron chi connectivity index (χ4n) is 0.918. The van der Waals surface area contributed by atoms with Crippen LogP contribution in [0.4, 0.5) is 0 Å². The zero-order valence-electron chi connectivity index (χ0n) is 7.80. The van der Waals surface area contributed by atoms with Gasteiger partial charge < -0.3 is 9.84 Å². The summed E-state index contributed by atoms with van der Waals surface area (Å²) in [6, 6.07) is 1.74. The molecule has 0 aliphatic heterocycles. The van der Waals surface area contributed by atoms with Gasteiger partial charge in [0.25, 0.3) is 0 Å². The quantitative estimate of drug-likeness (QED) is 0.568. The largest absolute Gasteiger partial charge is 0.466 e. The normalized spacial score (nSPS) is 10.4. The number of hydrogen-bond acceptors (Lipinski definition) is 4. The van der Waals surface area contributed by atoms with Gasteiger partial charge in [-0.25, -0.2) is 4.79 Å². The molecule has 0 aliphatic rings. The molecule has 1 aromatic heterocycles. The molecule has 0 fully saturated rings. The lowest BCUT2D eigenvalue weighted by molar-refractivity contribution is -0.134. The van der Waals surface area contributed by atoms with Gasteiger partial charge in [-0.2, -0.15) is 0 Å². The Kier molecular flexibility index (Phi) is 3.82.